The SMILES string of the molecule is CCC(C)CC(C)C(C)C(=O)O. The second-order valence-corrected chi connectivity index (χ2v) is 3.85. The molecule has 0 spiro atoms. The first-order valence-electron chi connectivity index (χ1n) is 4.71. The lowest BCUT2D eigenvalue weighted by Crippen LogP contribution is -2.19. The molecule has 3 unspecified atom stereocenters. The maximum absolute atomic E-state index is 10.6. The summed E-state index contributed by atoms with van der Waals surface area (Å²) in [6.07, 6.45) is 2.15. The number of hydrogen-bond donors (Lipinski definition) is 1. The van der Waals surface area contributed by atoms with Crippen LogP contribution in [0.5, 0.6) is 0 Å². The molecule has 0 aromatic heterocycles. The van der Waals surface area contributed by atoms with Crippen molar-refractivity contribution in [3.05, 3.63) is 0 Å². The van der Waals surface area contributed by atoms with Crippen molar-refractivity contribution in [1.29, 1.82) is 0 Å². The van der Waals surface area contributed by atoms with Gasteiger partial charge in [-0.15, -0.1) is 0 Å². The molecule has 0 aliphatic heterocycles. The number of carbonyl (C=O) groups is 1. The Morgan fingerprint density at radius 1 is 1.33 bits per heavy atom. The van der Waals surface area contributed by atoms with Gasteiger partial charge in [0.25, 0.3) is 0 Å². The van der Waals surface area contributed by atoms with Crippen molar-refractivity contribution >= 4 is 5.97 Å². The number of aliphatic carboxylic acids is 1. The van der Waals surface area contributed by atoms with Gasteiger partial charge in [-0.25, -0.2) is 0 Å². The fourth-order valence-electron chi connectivity index (χ4n) is 1.25. The predicted molar refractivity (Wildman–Crippen MR) is 50.0 cm³/mol. The number of carboxylic acids is 1. The van der Waals surface area contributed by atoms with Gasteiger partial charge in [0.2, 0.25) is 0 Å². The van der Waals surface area contributed by atoms with Crippen molar-refractivity contribution in [2.75, 3.05) is 0 Å². The van der Waals surface area contributed by atoms with E-state index in [4.69, 9.17) is 5.11 Å². The molecule has 12 heavy (non-hydrogen) atoms. The average molecular weight is 172 g/mol. The molecule has 0 saturated carbocycles. The van der Waals surface area contributed by atoms with Gasteiger partial charge < -0.3 is 5.11 Å². The lowest BCUT2D eigenvalue weighted by atomic mass is 9.87. The lowest BCUT2D eigenvalue weighted by molar-refractivity contribution is -0.142. The van der Waals surface area contributed by atoms with Crippen molar-refractivity contribution in [2.24, 2.45) is 17.8 Å². The van der Waals surface area contributed by atoms with E-state index in [9.17, 15) is 4.79 Å². The molecule has 0 heterocycles. The van der Waals surface area contributed by atoms with E-state index in [2.05, 4.69) is 13.8 Å². The zero-order valence-corrected chi connectivity index (χ0v) is 8.50. The molecule has 72 valence electrons. The van der Waals surface area contributed by atoms with Crippen LogP contribution in [0.2, 0.25) is 0 Å². The molecule has 2 heteroatoms. The van der Waals surface area contributed by atoms with Crippen molar-refractivity contribution < 1.29 is 9.90 Å². The van der Waals surface area contributed by atoms with E-state index in [0.29, 0.717) is 5.92 Å². The van der Waals surface area contributed by atoms with Gasteiger partial charge in [0.05, 0.1) is 5.92 Å². The van der Waals surface area contributed by atoms with Crippen LogP contribution >= 0.6 is 0 Å². The van der Waals surface area contributed by atoms with Gasteiger partial charge in [0.1, 0.15) is 0 Å². The minimum atomic E-state index is -0.675. The fraction of sp³-hybridized carbons (Fsp3) is 0.900. The summed E-state index contributed by atoms with van der Waals surface area (Å²) < 4.78 is 0. The van der Waals surface area contributed by atoms with Crippen LogP contribution in [0.4, 0.5) is 0 Å². The molecule has 0 saturated heterocycles. The van der Waals surface area contributed by atoms with Crippen LogP contribution in [0.3, 0.4) is 0 Å². The molecule has 0 fully saturated rings. The Kier molecular flexibility index (Phi) is 4.95. The van der Waals surface area contributed by atoms with E-state index in [0.717, 1.165) is 12.8 Å². The van der Waals surface area contributed by atoms with Gasteiger partial charge in [0.15, 0.2) is 0 Å². The quantitative estimate of drug-likeness (QED) is 0.692. The molecule has 0 bridgehead atoms. The smallest absolute Gasteiger partial charge is 0.306 e. The predicted octanol–water partition coefficient (Wildman–Crippen LogP) is 2.78. The molecular weight excluding hydrogens is 152 g/mol. The molecule has 0 amide bonds. The topological polar surface area (TPSA) is 37.3 Å². The van der Waals surface area contributed by atoms with Crippen molar-refractivity contribution in [1.82, 2.24) is 0 Å². The molecule has 0 rings (SSSR count). The second-order valence-electron chi connectivity index (χ2n) is 3.85. The lowest BCUT2D eigenvalue weighted by Gasteiger charge is -2.19. The molecule has 0 aliphatic rings. The first-order valence-corrected chi connectivity index (χ1v) is 4.71. The van der Waals surface area contributed by atoms with Crippen molar-refractivity contribution in [2.45, 2.75) is 40.5 Å². The highest BCUT2D eigenvalue weighted by Gasteiger charge is 2.20. The Morgan fingerprint density at radius 2 is 1.83 bits per heavy atom. The van der Waals surface area contributed by atoms with Gasteiger partial charge in [0, 0.05) is 0 Å². The largest absolute Gasteiger partial charge is 0.481 e. The summed E-state index contributed by atoms with van der Waals surface area (Å²) in [5, 5.41) is 8.74. The highest BCUT2D eigenvalue weighted by atomic mass is 16.4. The summed E-state index contributed by atoms with van der Waals surface area (Å²) in [4.78, 5) is 10.6. The minimum absolute atomic E-state index is 0.209. The fourth-order valence-corrected chi connectivity index (χ4v) is 1.25. The summed E-state index contributed by atoms with van der Waals surface area (Å²) in [6.45, 7) is 8.12. The van der Waals surface area contributed by atoms with Crippen molar-refractivity contribution in [3.63, 3.8) is 0 Å². The Labute approximate surface area is 75.0 Å². The van der Waals surface area contributed by atoms with Crippen LogP contribution in [-0.2, 0) is 4.79 Å². The first kappa shape index (κ1) is 11.5. The maximum Gasteiger partial charge on any atom is 0.306 e. The Hall–Kier alpha value is -0.530. The van der Waals surface area contributed by atoms with E-state index in [1.54, 1.807) is 6.92 Å². The highest BCUT2D eigenvalue weighted by molar-refractivity contribution is 5.69. The van der Waals surface area contributed by atoms with Crippen LogP contribution in [0, 0.1) is 17.8 Å². The number of rotatable bonds is 5. The van der Waals surface area contributed by atoms with E-state index in [1.807, 2.05) is 6.92 Å². The Bertz CT molecular complexity index is 143. The van der Waals surface area contributed by atoms with Gasteiger partial charge in [-0.1, -0.05) is 34.1 Å². The number of carboxylic acid groups (broad SMARTS) is 1. The normalized spacial score (nSPS) is 18.3. The van der Waals surface area contributed by atoms with Crippen LogP contribution in [0.1, 0.15) is 40.5 Å². The van der Waals surface area contributed by atoms with Gasteiger partial charge in [-0.05, 0) is 18.3 Å². The molecule has 0 aliphatic carbocycles. The van der Waals surface area contributed by atoms with Crippen LogP contribution in [-0.4, -0.2) is 11.1 Å². The van der Waals surface area contributed by atoms with E-state index in [1.165, 1.54) is 0 Å². The Morgan fingerprint density at radius 3 is 2.17 bits per heavy atom. The summed E-state index contributed by atoms with van der Waals surface area (Å²) in [5.74, 6) is 0.0454. The second kappa shape index (κ2) is 5.18. The van der Waals surface area contributed by atoms with Crippen molar-refractivity contribution in [3.8, 4) is 0 Å². The Balaban J connectivity index is 3.86. The van der Waals surface area contributed by atoms with Crippen LogP contribution < -0.4 is 0 Å². The summed E-state index contributed by atoms with van der Waals surface area (Å²) in [7, 11) is 0. The zero-order chi connectivity index (χ0) is 9.72. The minimum Gasteiger partial charge on any atom is -0.481 e. The van der Waals surface area contributed by atoms with E-state index < -0.39 is 5.97 Å². The average Bonchev–Trinajstić information content (AvgIpc) is 2.02. The summed E-state index contributed by atoms with van der Waals surface area (Å²) >= 11 is 0. The molecule has 3 atom stereocenters. The molecule has 0 radical (unpaired) electrons. The first-order chi connectivity index (χ1) is 5.49. The van der Waals surface area contributed by atoms with Gasteiger partial charge >= 0.3 is 5.97 Å². The third-order valence-corrected chi connectivity index (χ3v) is 2.71. The van der Waals surface area contributed by atoms with Gasteiger partial charge in [-0.2, -0.15) is 0 Å². The van der Waals surface area contributed by atoms with Crippen LogP contribution in [0.25, 0.3) is 0 Å². The van der Waals surface area contributed by atoms with E-state index >= 15 is 0 Å². The van der Waals surface area contributed by atoms with Gasteiger partial charge in [-0.3, -0.25) is 4.79 Å². The van der Waals surface area contributed by atoms with Crippen LogP contribution in [0.15, 0.2) is 0 Å². The standard InChI is InChI=1S/C10H20O2/c1-5-7(2)6-8(3)9(4)10(11)12/h7-9H,5-6H2,1-4H3,(H,11,12). The molecular formula is C10H20O2. The highest BCUT2D eigenvalue weighted by Crippen LogP contribution is 2.21. The summed E-state index contributed by atoms with van der Waals surface area (Å²) in [5.41, 5.74) is 0. The molecule has 1 N–H and O–H groups in total. The third kappa shape index (κ3) is 3.74. The number of hydrogen-bond acceptors (Lipinski definition) is 1. The maximum atomic E-state index is 10.6. The third-order valence-electron chi connectivity index (χ3n) is 2.71. The van der Waals surface area contributed by atoms with E-state index in [-0.39, 0.29) is 11.8 Å². The molecule has 2 nitrogen and oxygen atoms in total. The zero-order valence-electron chi connectivity index (χ0n) is 8.50. The monoisotopic (exact) mass is 172 g/mol. The molecule has 0 aromatic carbocycles. The molecule has 0 aromatic rings. The summed E-state index contributed by atoms with van der Waals surface area (Å²) in [6, 6.07) is 0.